The summed E-state index contributed by atoms with van der Waals surface area (Å²) in [4.78, 5) is 4.15. The number of hydrogen-bond donors (Lipinski definition) is 0. The molecule has 0 N–H and O–H groups in total. The summed E-state index contributed by atoms with van der Waals surface area (Å²) >= 11 is 0. The lowest BCUT2D eigenvalue weighted by molar-refractivity contribution is 1.37. The van der Waals surface area contributed by atoms with Gasteiger partial charge in [-0.25, -0.2) is 0 Å². The summed E-state index contributed by atoms with van der Waals surface area (Å²) in [6, 6.07) is 0. The summed E-state index contributed by atoms with van der Waals surface area (Å²) in [5.41, 5.74) is 1.84. The van der Waals surface area contributed by atoms with Gasteiger partial charge in [0.15, 0.2) is 0 Å². The van der Waals surface area contributed by atoms with Crippen molar-refractivity contribution in [2.75, 3.05) is 0 Å². The van der Waals surface area contributed by atoms with Crippen molar-refractivity contribution >= 4 is 6.21 Å². The smallest absolute Gasteiger partial charge is 0.0691 e. The van der Waals surface area contributed by atoms with Gasteiger partial charge in [0, 0.05) is 6.21 Å². The first-order valence-electron chi connectivity index (χ1n) is 3.90. The van der Waals surface area contributed by atoms with Gasteiger partial charge in [-0.1, -0.05) is 31.4 Å². The van der Waals surface area contributed by atoms with Crippen LogP contribution in [-0.2, 0) is 0 Å². The summed E-state index contributed by atoms with van der Waals surface area (Å²) in [5.74, 6) is 0. The van der Waals surface area contributed by atoms with E-state index in [0.717, 1.165) is 11.3 Å². The van der Waals surface area contributed by atoms with Crippen LogP contribution in [-0.4, -0.2) is 6.21 Å². The third kappa shape index (κ3) is 3.15. The van der Waals surface area contributed by atoms with Crippen LogP contribution in [0, 0.1) is 0 Å². The van der Waals surface area contributed by atoms with Gasteiger partial charge in [-0.3, -0.25) is 4.99 Å². The summed E-state index contributed by atoms with van der Waals surface area (Å²) < 4.78 is 0. The molecule has 0 saturated heterocycles. The number of hydrogen-bond acceptors (Lipinski definition) is 1. The van der Waals surface area contributed by atoms with Gasteiger partial charge in [-0.15, -0.1) is 0 Å². The molecule has 0 aromatic rings. The van der Waals surface area contributed by atoms with Gasteiger partial charge in [-0.2, -0.15) is 0 Å². The van der Waals surface area contributed by atoms with Gasteiger partial charge < -0.3 is 0 Å². The van der Waals surface area contributed by atoms with E-state index in [-0.39, 0.29) is 0 Å². The fourth-order valence-electron chi connectivity index (χ4n) is 0.822. The van der Waals surface area contributed by atoms with E-state index in [1.165, 1.54) is 0 Å². The van der Waals surface area contributed by atoms with Crippen LogP contribution in [0.4, 0.5) is 0 Å². The third-order valence-electron chi connectivity index (χ3n) is 1.32. The van der Waals surface area contributed by atoms with Crippen molar-refractivity contribution in [2.45, 2.75) is 13.8 Å². The quantitative estimate of drug-likeness (QED) is 0.443. The van der Waals surface area contributed by atoms with Crippen molar-refractivity contribution in [3.8, 4) is 0 Å². The van der Waals surface area contributed by atoms with Crippen molar-refractivity contribution < 1.29 is 0 Å². The zero-order valence-corrected chi connectivity index (χ0v) is 7.75. The molecule has 1 nitrogen and oxygen atoms in total. The summed E-state index contributed by atoms with van der Waals surface area (Å²) in [6.45, 7) is 11.2. The second-order valence-corrected chi connectivity index (χ2v) is 2.14. The molecule has 0 bridgehead atoms. The van der Waals surface area contributed by atoms with Crippen molar-refractivity contribution in [2.24, 2.45) is 4.99 Å². The molecule has 0 amide bonds. The Morgan fingerprint density at radius 3 is 2.17 bits per heavy atom. The summed E-state index contributed by atoms with van der Waals surface area (Å²) in [6.07, 6.45) is 9.13. The SMILES string of the molecule is C=CC(/C=C\C)=C(C=C)\N=C/C. The van der Waals surface area contributed by atoms with Crippen LogP contribution in [0.5, 0.6) is 0 Å². The predicted octanol–water partition coefficient (Wildman–Crippen LogP) is 3.28. The maximum atomic E-state index is 4.15. The lowest BCUT2D eigenvalue weighted by Gasteiger charge is -1.97. The number of rotatable bonds is 4. The van der Waals surface area contributed by atoms with Crippen molar-refractivity contribution in [3.63, 3.8) is 0 Å². The zero-order valence-electron chi connectivity index (χ0n) is 7.75. The first-order chi connectivity index (χ1) is 5.79. The minimum absolute atomic E-state index is 0.852. The Labute approximate surface area is 74.5 Å². The first kappa shape index (κ1) is 10.6. The Bertz CT molecular complexity index is 216. The van der Waals surface area contributed by atoms with Crippen LogP contribution in [0.2, 0.25) is 0 Å². The maximum Gasteiger partial charge on any atom is 0.0691 e. The summed E-state index contributed by atoms with van der Waals surface area (Å²) in [7, 11) is 0. The van der Waals surface area contributed by atoms with E-state index in [9.17, 15) is 0 Å². The van der Waals surface area contributed by atoms with Crippen LogP contribution in [0.25, 0.3) is 0 Å². The average Bonchev–Trinajstić information content (AvgIpc) is 2.11. The van der Waals surface area contributed by atoms with Gasteiger partial charge in [0.05, 0.1) is 5.70 Å². The van der Waals surface area contributed by atoms with Gasteiger partial charge >= 0.3 is 0 Å². The second kappa shape index (κ2) is 6.35. The Kier molecular flexibility index (Phi) is 5.62. The molecule has 0 rings (SSSR count). The van der Waals surface area contributed by atoms with E-state index in [1.807, 2.05) is 26.0 Å². The topological polar surface area (TPSA) is 12.4 Å². The molecule has 0 spiro atoms. The predicted molar refractivity (Wildman–Crippen MR) is 56.4 cm³/mol. The molecule has 64 valence electrons. The molecule has 12 heavy (non-hydrogen) atoms. The molecule has 0 fully saturated rings. The molecule has 0 atom stereocenters. The van der Waals surface area contributed by atoms with Gasteiger partial charge in [-0.05, 0) is 25.5 Å². The van der Waals surface area contributed by atoms with Gasteiger partial charge in [0.25, 0.3) is 0 Å². The number of allylic oxidation sites excluding steroid dienone is 5. The van der Waals surface area contributed by atoms with E-state index in [2.05, 4.69) is 18.2 Å². The minimum Gasteiger partial charge on any atom is -0.261 e. The van der Waals surface area contributed by atoms with E-state index in [0.29, 0.717) is 0 Å². The maximum absolute atomic E-state index is 4.15. The Hall–Kier alpha value is -1.37. The van der Waals surface area contributed by atoms with Crippen LogP contribution < -0.4 is 0 Å². The van der Waals surface area contributed by atoms with Crippen molar-refractivity contribution in [1.29, 1.82) is 0 Å². The van der Waals surface area contributed by atoms with E-state index < -0.39 is 0 Å². The lowest BCUT2D eigenvalue weighted by atomic mass is 10.2. The highest BCUT2D eigenvalue weighted by molar-refractivity contribution is 5.57. The normalized spacial score (nSPS) is 13.5. The highest BCUT2D eigenvalue weighted by Crippen LogP contribution is 2.09. The molecular formula is C11H15N. The van der Waals surface area contributed by atoms with E-state index >= 15 is 0 Å². The lowest BCUT2D eigenvalue weighted by Crippen LogP contribution is -1.79. The molecule has 0 aliphatic heterocycles. The van der Waals surface area contributed by atoms with Gasteiger partial charge in [0.1, 0.15) is 0 Å². The highest BCUT2D eigenvalue weighted by atomic mass is 14.7. The molecule has 0 aliphatic rings. The first-order valence-corrected chi connectivity index (χ1v) is 3.90. The van der Waals surface area contributed by atoms with Crippen molar-refractivity contribution in [1.82, 2.24) is 0 Å². The molecule has 0 aromatic heterocycles. The third-order valence-corrected chi connectivity index (χ3v) is 1.32. The highest BCUT2D eigenvalue weighted by Gasteiger charge is 1.91. The monoisotopic (exact) mass is 161 g/mol. The molecule has 0 aromatic carbocycles. The molecule has 0 aliphatic carbocycles. The molecule has 0 heterocycles. The van der Waals surface area contributed by atoms with E-state index in [1.54, 1.807) is 18.4 Å². The van der Waals surface area contributed by atoms with Crippen LogP contribution in [0.15, 0.2) is 53.7 Å². The number of nitrogens with zero attached hydrogens (tertiary/aromatic N) is 1. The van der Waals surface area contributed by atoms with Gasteiger partial charge in [0.2, 0.25) is 0 Å². The Morgan fingerprint density at radius 1 is 1.17 bits per heavy atom. The molecular weight excluding hydrogens is 146 g/mol. The second-order valence-electron chi connectivity index (χ2n) is 2.14. The zero-order chi connectivity index (χ0) is 9.40. The van der Waals surface area contributed by atoms with E-state index in [4.69, 9.17) is 0 Å². The molecule has 0 radical (unpaired) electrons. The largest absolute Gasteiger partial charge is 0.261 e. The fourth-order valence-corrected chi connectivity index (χ4v) is 0.822. The molecule has 1 heteroatoms. The average molecular weight is 161 g/mol. The van der Waals surface area contributed by atoms with Crippen LogP contribution >= 0.6 is 0 Å². The molecule has 0 unspecified atom stereocenters. The summed E-state index contributed by atoms with van der Waals surface area (Å²) in [5, 5.41) is 0. The van der Waals surface area contributed by atoms with Crippen LogP contribution in [0.3, 0.4) is 0 Å². The molecule has 0 saturated carbocycles. The number of aliphatic imine (C=N–C) groups is 1. The minimum atomic E-state index is 0.852. The Balaban J connectivity index is 4.98. The van der Waals surface area contributed by atoms with Crippen LogP contribution in [0.1, 0.15) is 13.8 Å². The standard InChI is InChI=1S/C11H15N/c1-5-9-10(6-2)11(7-3)12-8-4/h5-9H,2-3H2,1,4H3/b9-5-,11-10+,12-8-. The fraction of sp³-hybridized carbons (Fsp3) is 0.182. The Morgan fingerprint density at radius 2 is 1.83 bits per heavy atom. The van der Waals surface area contributed by atoms with Crippen molar-refractivity contribution in [3.05, 3.63) is 48.7 Å².